The molecule has 0 aromatic heterocycles. The molecular weight excluding hydrogens is 437 g/mol. The summed E-state index contributed by atoms with van der Waals surface area (Å²) in [6.07, 6.45) is 3.70. The predicted molar refractivity (Wildman–Crippen MR) is 122 cm³/mol. The minimum atomic E-state index is -0.382. The molecule has 31 heavy (non-hydrogen) atoms. The summed E-state index contributed by atoms with van der Waals surface area (Å²) in [6.45, 7) is 3.71. The summed E-state index contributed by atoms with van der Waals surface area (Å²) in [5.41, 5.74) is 1.81. The van der Waals surface area contributed by atoms with Crippen molar-refractivity contribution in [2.24, 2.45) is 0 Å². The molecule has 0 bridgehead atoms. The van der Waals surface area contributed by atoms with E-state index in [0.717, 1.165) is 25.2 Å². The molecule has 1 fully saturated rings. The first-order valence-electron chi connectivity index (χ1n) is 10.3. The maximum Gasteiger partial charge on any atom is 0.261 e. The lowest BCUT2D eigenvalue weighted by atomic mass is 10.1. The van der Waals surface area contributed by atoms with Crippen molar-refractivity contribution in [1.82, 2.24) is 15.1 Å². The number of rotatable bonds is 6. The zero-order valence-corrected chi connectivity index (χ0v) is 18.7. The van der Waals surface area contributed by atoms with Gasteiger partial charge in [0.15, 0.2) is 0 Å². The Hall–Kier alpha value is -2.41. The molecule has 0 saturated carbocycles. The second kappa shape index (κ2) is 10.3. The van der Waals surface area contributed by atoms with E-state index in [1.165, 1.54) is 30.2 Å². The van der Waals surface area contributed by atoms with Crippen LogP contribution in [0.4, 0.5) is 0 Å². The molecule has 0 radical (unpaired) electrons. The lowest BCUT2D eigenvalue weighted by molar-refractivity contribution is 0.0642. The van der Waals surface area contributed by atoms with E-state index < -0.39 is 0 Å². The third-order valence-corrected chi connectivity index (χ3v) is 5.90. The molecule has 0 unspecified atom stereocenters. The number of halogens is 2. The van der Waals surface area contributed by atoms with Gasteiger partial charge in [-0.15, -0.1) is 12.4 Å². The Labute approximate surface area is 193 Å². The van der Waals surface area contributed by atoms with Gasteiger partial charge in [0.25, 0.3) is 17.7 Å². The quantitative estimate of drug-likeness (QED) is 0.664. The van der Waals surface area contributed by atoms with Crippen molar-refractivity contribution in [1.29, 1.82) is 0 Å². The lowest BCUT2D eigenvalue weighted by Gasteiger charge is -2.26. The van der Waals surface area contributed by atoms with Gasteiger partial charge in [0.05, 0.1) is 17.7 Å². The van der Waals surface area contributed by atoms with E-state index in [-0.39, 0.29) is 42.2 Å². The monoisotopic (exact) mass is 461 g/mol. The molecule has 2 aromatic carbocycles. The second-order valence-corrected chi connectivity index (χ2v) is 8.18. The first kappa shape index (κ1) is 23.3. The van der Waals surface area contributed by atoms with Crippen molar-refractivity contribution in [2.45, 2.75) is 25.8 Å². The first-order chi connectivity index (χ1) is 14.5. The maximum atomic E-state index is 12.8. The summed E-state index contributed by atoms with van der Waals surface area (Å²) in [4.78, 5) is 41.6. The minimum Gasteiger partial charge on any atom is -0.351 e. The third kappa shape index (κ3) is 5.26. The molecule has 1 N–H and O–H groups in total. The number of benzene rings is 2. The van der Waals surface area contributed by atoms with Crippen LogP contribution in [-0.4, -0.2) is 53.7 Å². The van der Waals surface area contributed by atoms with Crippen LogP contribution in [0.2, 0.25) is 5.02 Å². The van der Waals surface area contributed by atoms with E-state index in [9.17, 15) is 14.4 Å². The normalized spacial score (nSPS) is 16.1. The van der Waals surface area contributed by atoms with Gasteiger partial charge >= 0.3 is 0 Å². The highest BCUT2D eigenvalue weighted by Gasteiger charge is 2.36. The van der Waals surface area contributed by atoms with Gasteiger partial charge in [0, 0.05) is 23.7 Å². The Morgan fingerprint density at radius 2 is 1.61 bits per heavy atom. The smallest absolute Gasteiger partial charge is 0.261 e. The summed E-state index contributed by atoms with van der Waals surface area (Å²) in [5.74, 6) is -0.957. The number of piperidine rings is 1. The fourth-order valence-corrected chi connectivity index (χ4v) is 4.09. The van der Waals surface area contributed by atoms with E-state index in [1.54, 1.807) is 36.4 Å². The van der Waals surface area contributed by atoms with Crippen LogP contribution in [0.5, 0.6) is 0 Å². The van der Waals surface area contributed by atoms with E-state index in [0.29, 0.717) is 22.7 Å². The lowest BCUT2D eigenvalue weighted by Crippen LogP contribution is -2.37. The number of likely N-dealkylation sites (tertiary alicyclic amines) is 1. The Morgan fingerprint density at radius 1 is 0.935 bits per heavy atom. The standard InChI is InChI=1S/C23H24ClN3O3.ClH/c24-18-7-4-16(5-8-18)15-27-22(29)19-9-6-17(14-20(19)23(27)30)21(28)25-10-13-26-11-2-1-3-12-26;/h4-9,14H,1-3,10-13,15H2,(H,25,28);1H. The fourth-order valence-electron chi connectivity index (χ4n) is 3.96. The van der Waals surface area contributed by atoms with Crippen LogP contribution in [0.3, 0.4) is 0 Å². The molecule has 0 aliphatic carbocycles. The number of carbonyl (C=O) groups is 3. The highest BCUT2D eigenvalue weighted by molar-refractivity contribution is 6.30. The Bertz CT molecular complexity index is 973. The van der Waals surface area contributed by atoms with Gasteiger partial charge in [0.2, 0.25) is 0 Å². The summed E-state index contributed by atoms with van der Waals surface area (Å²) in [5, 5.41) is 3.51. The van der Waals surface area contributed by atoms with E-state index in [1.807, 2.05) is 0 Å². The van der Waals surface area contributed by atoms with Crippen molar-refractivity contribution in [2.75, 3.05) is 26.2 Å². The van der Waals surface area contributed by atoms with Crippen molar-refractivity contribution >= 4 is 41.7 Å². The number of imide groups is 1. The summed E-state index contributed by atoms with van der Waals surface area (Å²) in [6, 6.07) is 11.7. The molecular formula is C23H25Cl2N3O3. The van der Waals surface area contributed by atoms with Crippen LogP contribution in [0.25, 0.3) is 0 Å². The minimum absolute atomic E-state index is 0. The van der Waals surface area contributed by atoms with Gasteiger partial charge in [-0.2, -0.15) is 0 Å². The van der Waals surface area contributed by atoms with Gasteiger partial charge in [0.1, 0.15) is 0 Å². The molecule has 3 amide bonds. The van der Waals surface area contributed by atoms with Crippen LogP contribution in [-0.2, 0) is 6.54 Å². The van der Waals surface area contributed by atoms with E-state index in [2.05, 4.69) is 10.2 Å². The third-order valence-electron chi connectivity index (χ3n) is 5.65. The molecule has 2 aliphatic rings. The molecule has 1 saturated heterocycles. The largest absolute Gasteiger partial charge is 0.351 e. The average Bonchev–Trinajstić information content (AvgIpc) is 3.00. The average molecular weight is 462 g/mol. The number of hydrogen-bond acceptors (Lipinski definition) is 4. The van der Waals surface area contributed by atoms with Gasteiger partial charge in [-0.25, -0.2) is 0 Å². The molecule has 0 atom stereocenters. The summed E-state index contributed by atoms with van der Waals surface area (Å²) < 4.78 is 0. The Morgan fingerprint density at radius 3 is 2.32 bits per heavy atom. The van der Waals surface area contributed by atoms with Crippen LogP contribution in [0, 0.1) is 0 Å². The Balaban J connectivity index is 0.00000272. The molecule has 6 nitrogen and oxygen atoms in total. The number of hydrogen-bond donors (Lipinski definition) is 1. The van der Waals surface area contributed by atoms with Gasteiger partial charge < -0.3 is 10.2 Å². The zero-order valence-electron chi connectivity index (χ0n) is 17.1. The highest BCUT2D eigenvalue weighted by atomic mass is 35.5. The number of fused-ring (bicyclic) bond motifs is 1. The predicted octanol–water partition coefficient (Wildman–Crippen LogP) is 3.77. The van der Waals surface area contributed by atoms with Crippen LogP contribution < -0.4 is 5.32 Å². The molecule has 4 rings (SSSR count). The first-order valence-corrected chi connectivity index (χ1v) is 10.7. The fraction of sp³-hybridized carbons (Fsp3) is 0.348. The molecule has 164 valence electrons. The number of amides is 3. The molecule has 8 heteroatoms. The van der Waals surface area contributed by atoms with Gasteiger partial charge in [-0.1, -0.05) is 30.2 Å². The van der Waals surface area contributed by atoms with E-state index in [4.69, 9.17) is 11.6 Å². The SMILES string of the molecule is Cl.O=C(NCCN1CCCCC1)c1ccc2c(c1)C(=O)N(Cc1ccc(Cl)cc1)C2=O. The zero-order chi connectivity index (χ0) is 21.1. The van der Waals surface area contributed by atoms with E-state index >= 15 is 0 Å². The van der Waals surface area contributed by atoms with Gasteiger partial charge in [-0.3, -0.25) is 19.3 Å². The number of carbonyl (C=O) groups excluding carboxylic acids is 3. The Kier molecular flexibility index (Phi) is 7.70. The second-order valence-electron chi connectivity index (χ2n) is 7.74. The number of nitrogens with zero attached hydrogens (tertiary/aromatic N) is 2. The van der Waals surface area contributed by atoms with Crippen LogP contribution in [0.15, 0.2) is 42.5 Å². The van der Waals surface area contributed by atoms with Crippen molar-refractivity contribution in [3.63, 3.8) is 0 Å². The van der Waals surface area contributed by atoms with Crippen LogP contribution in [0.1, 0.15) is 55.9 Å². The topological polar surface area (TPSA) is 69.7 Å². The summed E-state index contributed by atoms with van der Waals surface area (Å²) in [7, 11) is 0. The molecule has 2 aromatic rings. The van der Waals surface area contributed by atoms with Crippen molar-refractivity contribution in [3.8, 4) is 0 Å². The highest BCUT2D eigenvalue weighted by Crippen LogP contribution is 2.26. The van der Waals surface area contributed by atoms with Crippen LogP contribution >= 0.6 is 24.0 Å². The van der Waals surface area contributed by atoms with Crippen molar-refractivity contribution in [3.05, 3.63) is 69.7 Å². The number of nitrogens with one attached hydrogen (secondary N) is 1. The van der Waals surface area contributed by atoms with Crippen molar-refractivity contribution < 1.29 is 14.4 Å². The molecule has 2 aliphatic heterocycles. The van der Waals surface area contributed by atoms with Gasteiger partial charge in [-0.05, 0) is 61.8 Å². The maximum absolute atomic E-state index is 12.8. The molecule has 2 heterocycles. The summed E-state index contributed by atoms with van der Waals surface area (Å²) >= 11 is 5.90. The molecule has 0 spiro atoms.